The zero-order valence-electron chi connectivity index (χ0n) is 22.1. The van der Waals surface area contributed by atoms with Gasteiger partial charge in [-0.25, -0.2) is 0 Å². The van der Waals surface area contributed by atoms with Crippen LogP contribution in [0.25, 0.3) is 44.4 Å². The van der Waals surface area contributed by atoms with Crippen molar-refractivity contribution in [1.29, 1.82) is 0 Å². The Labute approximate surface area is 215 Å². The van der Waals surface area contributed by atoms with Crippen LogP contribution in [0.4, 0.5) is 0 Å². The molecule has 0 radical (unpaired) electrons. The van der Waals surface area contributed by atoms with Gasteiger partial charge in [-0.05, 0) is 62.9 Å². The van der Waals surface area contributed by atoms with Crippen LogP contribution in [0.1, 0.15) is 52.7 Å². The van der Waals surface area contributed by atoms with Gasteiger partial charge in [-0.1, -0.05) is 102 Å². The fraction of sp³-hybridized carbons (Fsp3) is 0.235. The number of hydrogen-bond acceptors (Lipinski definition) is 2. The van der Waals surface area contributed by atoms with Gasteiger partial charge < -0.3 is 0 Å². The standard InChI is InChI=1S/C34H34N2/c1-33(2,3)25-15-16-28(30(22-25)34(4,5)6)27-18-17-26(32-29(27)13-10-20-36-32)23-11-9-12-24(21-23)31-14-7-8-19-35-31/h7-22H,1-6H3. The molecule has 2 nitrogen and oxygen atoms in total. The molecule has 0 saturated heterocycles. The van der Waals surface area contributed by atoms with Crippen molar-refractivity contribution in [2.24, 2.45) is 0 Å². The van der Waals surface area contributed by atoms with Gasteiger partial charge in [-0.2, -0.15) is 0 Å². The average molecular weight is 471 g/mol. The van der Waals surface area contributed by atoms with Crippen molar-refractivity contribution in [3.05, 3.63) is 108 Å². The molecule has 0 unspecified atom stereocenters. The second kappa shape index (κ2) is 9.02. The summed E-state index contributed by atoms with van der Waals surface area (Å²) in [6, 6.07) is 30.4. The first-order valence-electron chi connectivity index (χ1n) is 12.7. The van der Waals surface area contributed by atoms with Gasteiger partial charge in [-0.3, -0.25) is 9.97 Å². The van der Waals surface area contributed by atoms with Gasteiger partial charge in [0.1, 0.15) is 0 Å². The third-order valence-electron chi connectivity index (χ3n) is 6.89. The minimum atomic E-state index is 0.0147. The van der Waals surface area contributed by atoms with Crippen LogP contribution in [0.15, 0.2) is 97.3 Å². The van der Waals surface area contributed by atoms with Gasteiger partial charge in [0.15, 0.2) is 0 Å². The van der Waals surface area contributed by atoms with E-state index in [1.807, 2.05) is 36.7 Å². The number of rotatable bonds is 3. The summed E-state index contributed by atoms with van der Waals surface area (Å²) in [5, 5.41) is 1.17. The molecule has 180 valence electrons. The second-order valence-corrected chi connectivity index (χ2v) is 11.6. The lowest BCUT2D eigenvalue weighted by molar-refractivity contribution is 0.570. The molecule has 0 N–H and O–H groups in total. The average Bonchev–Trinajstić information content (AvgIpc) is 2.87. The van der Waals surface area contributed by atoms with E-state index in [1.165, 1.54) is 27.6 Å². The Balaban J connectivity index is 1.70. The van der Waals surface area contributed by atoms with E-state index < -0.39 is 0 Å². The second-order valence-electron chi connectivity index (χ2n) is 11.6. The quantitative estimate of drug-likeness (QED) is 0.263. The van der Waals surface area contributed by atoms with Crippen LogP contribution in [-0.2, 0) is 10.8 Å². The van der Waals surface area contributed by atoms with Crippen LogP contribution in [0.5, 0.6) is 0 Å². The Kier molecular flexibility index (Phi) is 6.00. The van der Waals surface area contributed by atoms with Crippen LogP contribution in [0.3, 0.4) is 0 Å². The van der Waals surface area contributed by atoms with E-state index in [0.717, 1.165) is 27.9 Å². The van der Waals surface area contributed by atoms with Crippen LogP contribution in [0, 0.1) is 0 Å². The van der Waals surface area contributed by atoms with Crippen LogP contribution in [0.2, 0.25) is 0 Å². The summed E-state index contributed by atoms with van der Waals surface area (Å²) in [4.78, 5) is 9.42. The normalized spacial score (nSPS) is 12.2. The maximum absolute atomic E-state index is 4.88. The Hall–Kier alpha value is -3.78. The predicted molar refractivity (Wildman–Crippen MR) is 153 cm³/mol. The van der Waals surface area contributed by atoms with Crippen LogP contribution >= 0.6 is 0 Å². The minimum Gasteiger partial charge on any atom is -0.256 e. The number of benzene rings is 3. The molecular weight excluding hydrogens is 436 g/mol. The van der Waals surface area contributed by atoms with E-state index in [4.69, 9.17) is 4.98 Å². The molecule has 0 bridgehead atoms. The summed E-state index contributed by atoms with van der Waals surface area (Å²) >= 11 is 0. The van der Waals surface area contributed by atoms with E-state index in [1.54, 1.807) is 0 Å². The van der Waals surface area contributed by atoms with Crippen molar-refractivity contribution in [1.82, 2.24) is 9.97 Å². The molecule has 0 amide bonds. The Morgan fingerprint density at radius 1 is 0.528 bits per heavy atom. The molecule has 36 heavy (non-hydrogen) atoms. The van der Waals surface area contributed by atoms with E-state index in [2.05, 4.69) is 107 Å². The number of aromatic nitrogens is 2. The van der Waals surface area contributed by atoms with Crippen molar-refractivity contribution in [2.75, 3.05) is 0 Å². The van der Waals surface area contributed by atoms with Crippen molar-refractivity contribution in [3.8, 4) is 33.5 Å². The Morgan fingerprint density at radius 3 is 1.97 bits per heavy atom. The van der Waals surface area contributed by atoms with E-state index >= 15 is 0 Å². The zero-order valence-corrected chi connectivity index (χ0v) is 22.1. The maximum atomic E-state index is 4.88. The lowest BCUT2D eigenvalue weighted by atomic mass is 9.76. The molecule has 0 saturated carbocycles. The molecule has 0 aliphatic heterocycles. The van der Waals surface area contributed by atoms with Crippen molar-refractivity contribution < 1.29 is 0 Å². The first-order valence-corrected chi connectivity index (χ1v) is 12.7. The molecule has 2 heteroatoms. The molecule has 0 atom stereocenters. The van der Waals surface area contributed by atoms with Crippen molar-refractivity contribution in [3.63, 3.8) is 0 Å². The van der Waals surface area contributed by atoms with Gasteiger partial charge in [0.25, 0.3) is 0 Å². The Morgan fingerprint density at radius 2 is 1.25 bits per heavy atom. The smallest absolute Gasteiger partial charge is 0.0786 e. The predicted octanol–water partition coefficient (Wildman–Crippen LogP) is 9.23. The van der Waals surface area contributed by atoms with Crippen LogP contribution < -0.4 is 0 Å². The molecule has 0 aliphatic rings. The lowest BCUT2D eigenvalue weighted by Crippen LogP contribution is -2.17. The van der Waals surface area contributed by atoms with Gasteiger partial charge in [0.2, 0.25) is 0 Å². The maximum Gasteiger partial charge on any atom is 0.0786 e. The highest BCUT2D eigenvalue weighted by atomic mass is 14.7. The summed E-state index contributed by atoms with van der Waals surface area (Å²) in [5.74, 6) is 0. The molecule has 5 aromatic rings. The minimum absolute atomic E-state index is 0.0147. The largest absolute Gasteiger partial charge is 0.256 e. The molecule has 2 aromatic heterocycles. The van der Waals surface area contributed by atoms with E-state index in [9.17, 15) is 0 Å². The summed E-state index contributed by atoms with van der Waals surface area (Å²) in [6.45, 7) is 13.7. The lowest BCUT2D eigenvalue weighted by Gasteiger charge is -2.28. The van der Waals surface area contributed by atoms with E-state index in [-0.39, 0.29) is 10.8 Å². The monoisotopic (exact) mass is 470 g/mol. The third-order valence-corrected chi connectivity index (χ3v) is 6.89. The van der Waals surface area contributed by atoms with Gasteiger partial charge in [-0.15, -0.1) is 0 Å². The molecule has 2 heterocycles. The number of pyridine rings is 2. The fourth-order valence-corrected chi connectivity index (χ4v) is 4.89. The molecule has 5 rings (SSSR count). The van der Waals surface area contributed by atoms with Gasteiger partial charge in [0, 0.05) is 28.9 Å². The highest BCUT2D eigenvalue weighted by Crippen LogP contribution is 2.41. The van der Waals surface area contributed by atoms with Crippen molar-refractivity contribution in [2.45, 2.75) is 52.4 Å². The SMILES string of the molecule is CC(C)(C)c1ccc(-c2ccc(-c3cccc(-c4ccccn4)c3)c3ncccc23)c(C(C)(C)C)c1. The molecule has 3 aromatic carbocycles. The zero-order chi connectivity index (χ0) is 25.5. The molecule has 0 spiro atoms. The summed E-state index contributed by atoms with van der Waals surface area (Å²) in [5.41, 5.74) is 10.7. The fourth-order valence-electron chi connectivity index (χ4n) is 4.89. The van der Waals surface area contributed by atoms with Gasteiger partial charge in [0.05, 0.1) is 11.2 Å². The highest BCUT2D eigenvalue weighted by molar-refractivity contribution is 6.03. The number of hydrogen-bond donors (Lipinski definition) is 0. The summed E-state index contributed by atoms with van der Waals surface area (Å²) in [6.07, 6.45) is 3.73. The number of nitrogens with zero attached hydrogens (tertiary/aromatic N) is 2. The first-order chi connectivity index (χ1) is 17.1. The van der Waals surface area contributed by atoms with E-state index in [0.29, 0.717) is 0 Å². The van der Waals surface area contributed by atoms with Crippen LogP contribution in [-0.4, -0.2) is 9.97 Å². The number of fused-ring (bicyclic) bond motifs is 1. The highest BCUT2D eigenvalue weighted by Gasteiger charge is 2.24. The molecular formula is C34H34N2. The first kappa shape index (κ1) is 23.9. The topological polar surface area (TPSA) is 25.8 Å². The third kappa shape index (κ3) is 4.56. The summed E-state index contributed by atoms with van der Waals surface area (Å²) < 4.78 is 0. The molecule has 0 aliphatic carbocycles. The molecule has 0 fully saturated rings. The summed E-state index contributed by atoms with van der Waals surface area (Å²) in [7, 11) is 0. The van der Waals surface area contributed by atoms with Crippen molar-refractivity contribution >= 4 is 10.9 Å². The van der Waals surface area contributed by atoms with Gasteiger partial charge >= 0.3 is 0 Å². The Bertz CT molecular complexity index is 1530.